The van der Waals surface area contributed by atoms with Crippen molar-refractivity contribution in [1.29, 1.82) is 0 Å². The molecule has 0 amide bonds. The highest BCUT2D eigenvalue weighted by Crippen LogP contribution is 2.22. The molecule has 3 aromatic carbocycles. The van der Waals surface area contributed by atoms with Crippen molar-refractivity contribution in [2.24, 2.45) is 0 Å². The third kappa shape index (κ3) is 3.67. The zero-order chi connectivity index (χ0) is 22.9. The van der Waals surface area contributed by atoms with Crippen LogP contribution in [0.4, 0.5) is 4.39 Å². The number of fused-ring (bicyclic) bond motifs is 1. The van der Waals surface area contributed by atoms with Crippen molar-refractivity contribution in [3.63, 3.8) is 0 Å². The molecule has 33 heavy (non-hydrogen) atoms. The SMILES string of the molecule is C[C@H](c1ccccc1)n1cnc2c1c(=O)n(Cc1ccccc1)c(=O)n2-c1ccc(F)cc1. The van der Waals surface area contributed by atoms with Crippen LogP contribution in [0.2, 0.25) is 0 Å². The van der Waals surface area contributed by atoms with Gasteiger partial charge in [-0.15, -0.1) is 0 Å². The minimum atomic E-state index is -0.527. The van der Waals surface area contributed by atoms with Crippen molar-refractivity contribution in [2.45, 2.75) is 19.5 Å². The summed E-state index contributed by atoms with van der Waals surface area (Å²) in [5.41, 5.74) is 1.87. The van der Waals surface area contributed by atoms with Gasteiger partial charge in [0, 0.05) is 0 Å². The van der Waals surface area contributed by atoms with Crippen molar-refractivity contribution < 1.29 is 4.39 Å². The molecule has 0 unspecified atom stereocenters. The van der Waals surface area contributed by atoms with Crippen LogP contribution in [0.15, 0.2) is 101 Å². The average Bonchev–Trinajstić information content (AvgIpc) is 3.28. The zero-order valence-electron chi connectivity index (χ0n) is 17.9. The first-order valence-corrected chi connectivity index (χ1v) is 10.6. The second-order valence-corrected chi connectivity index (χ2v) is 7.88. The molecule has 5 rings (SSSR count). The predicted octanol–water partition coefficient (Wildman–Crippen LogP) is 4.15. The normalized spacial score (nSPS) is 12.2. The quantitative estimate of drug-likeness (QED) is 0.413. The highest BCUT2D eigenvalue weighted by molar-refractivity contribution is 5.73. The largest absolute Gasteiger partial charge is 0.337 e. The van der Waals surface area contributed by atoms with Gasteiger partial charge in [0.25, 0.3) is 5.56 Å². The molecule has 0 fully saturated rings. The van der Waals surface area contributed by atoms with Crippen LogP contribution in [0, 0.1) is 5.82 Å². The Kier molecular flexibility index (Phi) is 5.22. The first kappa shape index (κ1) is 20.6. The molecule has 0 aliphatic rings. The van der Waals surface area contributed by atoms with E-state index in [1.807, 2.05) is 67.6 Å². The van der Waals surface area contributed by atoms with Crippen LogP contribution >= 0.6 is 0 Å². The van der Waals surface area contributed by atoms with Gasteiger partial charge in [0.2, 0.25) is 0 Å². The maximum atomic E-state index is 13.6. The van der Waals surface area contributed by atoms with Gasteiger partial charge < -0.3 is 4.57 Å². The van der Waals surface area contributed by atoms with E-state index in [4.69, 9.17) is 0 Å². The van der Waals surface area contributed by atoms with Gasteiger partial charge >= 0.3 is 5.69 Å². The van der Waals surface area contributed by atoms with E-state index in [9.17, 15) is 14.0 Å². The molecular weight excluding hydrogens is 419 g/mol. The lowest BCUT2D eigenvalue weighted by molar-refractivity contribution is 0.626. The van der Waals surface area contributed by atoms with Gasteiger partial charge in [0.05, 0.1) is 24.6 Å². The van der Waals surface area contributed by atoms with Gasteiger partial charge in [-0.3, -0.25) is 9.36 Å². The van der Waals surface area contributed by atoms with Gasteiger partial charge in [-0.1, -0.05) is 60.7 Å². The Morgan fingerprint density at radius 1 is 0.879 bits per heavy atom. The fourth-order valence-electron chi connectivity index (χ4n) is 4.06. The first-order valence-electron chi connectivity index (χ1n) is 10.6. The van der Waals surface area contributed by atoms with Crippen LogP contribution in [0.25, 0.3) is 16.9 Å². The summed E-state index contributed by atoms with van der Waals surface area (Å²) in [5, 5.41) is 0. The Bertz CT molecular complexity index is 1540. The smallest absolute Gasteiger partial charge is 0.317 e. The zero-order valence-corrected chi connectivity index (χ0v) is 17.9. The molecule has 0 bridgehead atoms. The van der Waals surface area contributed by atoms with Crippen LogP contribution in [-0.2, 0) is 6.54 Å². The van der Waals surface area contributed by atoms with Crippen LogP contribution in [0.5, 0.6) is 0 Å². The molecule has 0 N–H and O–H groups in total. The van der Waals surface area contributed by atoms with Crippen molar-refractivity contribution in [1.82, 2.24) is 18.7 Å². The Balaban J connectivity index is 1.80. The molecule has 6 nitrogen and oxygen atoms in total. The van der Waals surface area contributed by atoms with Gasteiger partial charge in [0.15, 0.2) is 11.2 Å². The average molecular weight is 440 g/mol. The summed E-state index contributed by atoms with van der Waals surface area (Å²) >= 11 is 0. The number of imidazole rings is 1. The van der Waals surface area contributed by atoms with Crippen molar-refractivity contribution in [2.75, 3.05) is 0 Å². The van der Waals surface area contributed by atoms with E-state index in [1.165, 1.54) is 33.4 Å². The third-order valence-corrected chi connectivity index (χ3v) is 5.82. The van der Waals surface area contributed by atoms with Gasteiger partial charge in [0.1, 0.15) is 5.82 Å². The summed E-state index contributed by atoms with van der Waals surface area (Å²) in [6, 6.07) is 24.5. The summed E-state index contributed by atoms with van der Waals surface area (Å²) in [6.45, 7) is 2.09. The maximum absolute atomic E-state index is 13.6. The summed E-state index contributed by atoms with van der Waals surface area (Å²) in [7, 11) is 0. The van der Waals surface area contributed by atoms with Crippen LogP contribution < -0.4 is 11.2 Å². The monoisotopic (exact) mass is 440 g/mol. The van der Waals surface area contributed by atoms with E-state index in [0.717, 1.165) is 11.1 Å². The van der Waals surface area contributed by atoms with Crippen LogP contribution in [0.1, 0.15) is 24.1 Å². The van der Waals surface area contributed by atoms with Gasteiger partial charge in [-0.2, -0.15) is 0 Å². The summed E-state index contributed by atoms with van der Waals surface area (Å²) in [6.07, 6.45) is 1.58. The van der Waals surface area contributed by atoms with Crippen molar-refractivity contribution >= 4 is 11.2 Å². The maximum Gasteiger partial charge on any atom is 0.337 e. The number of halogens is 1. The Morgan fingerprint density at radius 2 is 1.52 bits per heavy atom. The number of hydrogen-bond acceptors (Lipinski definition) is 3. The Labute approximate surface area is 188 Å². The molecule has 0 aliphatic carbocycles. The molecule has 0 radical (unpaired) electrons. The fourth-order valence-corrected chi connectivity index (χ4v) is 4.06. The summed E-state index contributed by atoms with van der Waals surface area (Å²) < 4.78 is 17.9. The van der Waals surface area contributed by atoms with Crippen LogP contribution in [-0.4, -0.2) is 18.7 Å². The highest BCUT2D eigenvalue weighted by Gasteiger charge is 2.22. The molecule has 0 spiro atoms. The van der Waals surface area contributed by atoms with Gasteiger partial charge in [-0.25, -0.2) is 18.7 Å². The number of hydrogen-bond donors (Lipinski definition) is 0. The number of benzene rings is 3. The standard InChI is InChI=1S/C26H21FN4O2/c1-18(20-10-6-3-7-11-20)30-17-28-24-23(30)25(32)29(16-19-8-4-2-5-9-19)26(33)31(24)22-14-12-21(27)13-15-22/h2-15,17-18H,16H2,1H3/t18-/m1/s1. The van der Waals surface area contributed by atoms with E-state index in [1.54, 1.807) is 10.9 Å². The minimum absolute atomic E-state index is 0.112. The number of aromatic nitrogens is 4. The second-order valence-electron chi connectivity index (χ2n) is 7.88. The first-order chi connectivity index (χ1) is 16.0. The third-order valence-electron chi connectivity index (χ3n) is 5.82. The Hall–Kier alpha value is -4.26. The fraction of sp³-hybridized carbons (Fsp3) is 0.115. The lowest BCUT2D eigenvalue weighted by Crippen LogP contribution is -2.40. The molecule has 164 valence electrons. The van der Waals surface area contributed by atoms with E-state index in [-0.39, 0.29) is 18.2 Å². The second kappa shape index (κ2) is 8.35. The van der Waals surface area contributed by atoms with Crippen molar-refractivity contribution in [3.8, 4) is 5.69 Å². The Morgan fingerprint density at radius 3 is 2.18 bits per heavy atom. The predicted molar refractivity (Wildman–Crippen MR) is 125 cm³/mol. The lowest BCUT2D eigenvalue weighted by atomic mass is 10.1. The number of nitrogens with zero attached hydrogens (tertiary/aromatic N) is 4. The molecule has 0 aliphatic heterocycles. The molecule has 2 heterocycles. The molecular formula is C26H21FN4O2. The lowest BCUT2D eigenvalue weighted by Gasteiger charge is -2.16. The van der Waals surface area contributed by atoms with Crippen LogP contribution in [0.3, 0.4) is 0 Å². The molecule has 1 atom stereocenters. The molecule has 2 aromatic heterocycles. The van der Waals surface area contributed by atoms with E-state index in [0.29, 0.717) is 11.2 Å². The molecule has 0 saturated heterocycles. The van der Waals surface area contributed by atoms with E-state index in [2.05, 4.69) is 4.98 Å². The van der Waals surface area contributed by atoms with E-state index >= 15 is 0 Å². The number of rotatable bonds is 5. The van der Waals surface area contributed by atoms with Crippen molar-refractivity contribution in [3.05, 3.63) is 129 Å². The molecule has 0 saturated carbocycles. The van der Waals surface area contributed by atoms with E-state index < -0.39 is 17.1 Å². The topological polar surface area (TPSA) is 61.8 Å². The summed E-state index contributed by atoms with van der Waals surface area (Å²) in [5.74, 6) is -0.413. The highest BCUT2D eigenvalue weighted by atomic mass is 19.1. The summed E-state index contributed by atoms with van der Waals surface area (Å²) in [4.78, 5) is 31.6. The molecule has 7 heteroatoms. The van der Waals surface area contributed by atoms with Gasteiger partial charge in [-0.05, 0) is 42.3 Å². The molecule has 5 aromatic rings. The minimum Gasteiger partial charge on any atom is -0.317 e.